The van der Waals surface area contributed by atoms with E-state index in [0.717, 1.165) is 0 Å². The van der Waals surface area contributed by atoms with E-state index < -0.39 is 9.84 Å². The molecule has 0 radical (unpaired) electrons. The normalized spacial score (nSPS) is 14.7. The second-order valence-electron chi connectivity index (χ2n) is 5.52. The van der Waals surface area contributed by atoms with Crippen LogP contribution in [-0.2, 0) is 14.6 Å². The van der Waals surface area contributed by atoms with E-state index in [1.807, 2.05) is 6.07 Å². The highest BCUT2D eigenvalue weighted by atomic mass is 35.5. The van der Waals surface area contributed by atoms with Crippen molar-refractivity contribution in [2.75, 3.05) is 23.1 Å². The lowest BCUT2D eigenvalue weighted by atomic mass is 10.0. The Kier molecular flexibility index (Phi) is 4.87. The minimum atomic E-state index is -3.40. The molecular weight excluding hydrogens is 362 g/mol. The summed E-state index contributed by atoms with van der Waals surface area (Å²) < 4.78 is 24.2. The number of hydrogen-bond acceptors (Lipinski definition) is 5. The molecule has 0 bridgehead atoms. The number of pyridine rings is 1. The predicted molar refractivity (Wildman–Crippen MR) is 98.0 cm³/mol. The number of anilines is 1. The molecule has 1 aliphatic heterocycles. The number of halogens is 1. The molecule has 1 aromatic carbocycles. The fourth-order valence-electron chi connectivity index (χ4n) is 2.54. The molecule has 0 fully saturated rings. The fourth-order valence-corrected chi connectivity index (χ4v) is 3.57. The molecule has 3 rings (SSSR count). The molecule has 0 atom stereocenters. The van der Waals surface area contributed by atoms with E-state index >= 15 is 0 Å². The lowest BCUT2D eigenvalue weighted by Gasteiger charge is -2.22. The van der Waals surface area contributed by atoms with E-state index in [9.17, 15) is 13.2 Å². The van der Waals surface area contributed by atoms with Crippen molar-refractivity contribution in [2.24, 2.45) is 4.99 Å². The van der Waals surface area contributed by atoms with Crippen molar-refractivity contribution in [1.29, 1.82) is 0 Å². The lowest BCUT2D eigenvalue weighted by Crippen LogP contribution is -2.37. The van der Waals surface area contributed by atoms with Crippen LogP contribution < -0.4 is 4.90 Å². The van der Waals surface area contributed by atoms with E-state index in [0.29, 0.717) is 27.7 Å². The summed E-state index contributed by atoms with van der Waals surface area (Å²) in [6, 6.07) is 10.3. The number of rotatable bonds is 4. The van der Waals surface area contributed by atoms with Gasteiger partial charge in [-0.15, -0.1) is 0 Å². The topological polar surface area (TPSA) is 79.7 Å². The van der Waals surface area contributed by atoms with Gasteiger partial charge in [-0.25, -0.2) is 8.42 Å². The Balaban J connectivity index is 2.17. The van der Waals surface area contributed by atoms with Crippen LogP contribution in [0.25, 0.3) is 0 Å². The Labute approximate surface area is 151 Å². The van der Waals surface area contributed by atoms with Gasteiger partial charge in [0.05, 0.1) is 17.1 Å². The first-order valence-corrected chi connectivity index (χ1v) is 9.88. The summed E-state index contributed by atoms with van der Waals surface area (Å²) in [6.07, 6.45) is 1.63. The Morgan fingerprint density at radius 2 is 2.04 bits per heavy atom. The molecule has 8 heteroatoms. The van der Waals surface area contributed by atoms with Crippen LogP contribution in [0.15, 0.2) is 47.6 Å². The van der Waals surface area contributed by atoms with Gasteiger partial charge in [-0.1, -0.05) is 24.6 Å². The zero-order valence-electron chi connectivity index (χ0n) is 13.5. The molecule has 130 valence electrons. The van der Waals surface area contributed by atoms with Crippen molar-refractivity contribution in [3.8, 4) is 0 Å². The van der Waals surface area contributed by atoms with Gasteiger partial charge in [0.15, 0.2) is 9.84 Å². The van der Waals surface area contributed by atoms with Crippen LogP contribution in [0.4, 0.5) is 5.69 Å². The smallest absolute Gasteiger partial charge is 0.249 e. The number of hydrogen-bond donors (Lipinski definition) is 0. The second-order valence-corrected chi connectivity index (χ2v) is 8.28. The van der Waals surface area contributed by atoms with Gasteiger partial charge in [-0.3, -0.25) is 19.7 Å². The summed E-state index contributed by atoms with van der Waals surface area (Å²) >= 11 is 6.13. The van der Waals surface area contributed by atoms with Crippen LogP contribution in [0.1, 0.15) is 18.2 Å². The highest BCUT2D eigenvalue weighted by molar-refractivity contribution is 7.91. The third-order valence-electron chi connectivity index (χ3n) is 3.85. The summed E-state index contributed by atoms with van der Waals surface area (Å²) in [6.45, 7) is 1.40. The molecule has 1 aromatic heterocycles. The number of sulfone groups is 1. The Morgan fingerprint density at radius 1 is 1.24 bits per heavy atom. The van der Waals surface area contributed by atoms with E-state index in [2.05, 4.69) is 9.98 Å². The van der Waals surface area contributed by atoms with Crippen molar-refractivity contribution >= 4 is 38.7 Å². The van der Waals surface area contributed by atoms with E-state index in [1.54, 1.807) is 43.5 Å². The molecule has 0 unspecified atom stereocenters. The molecule has 0 saturated heterocycles. The van der Waals surface area contributed by atoms with Gasteiger partial charge in [-0.2, -0.15) is 0 Å². The average molecular weight is 378 g/mol. The van der Waals surface area contributed by atoms with Gasteiger partial charge >= 0.3 is 0 Å². The summed E-state index contributed by atoms with van der Waals surface area (Å²) in [5.74, 6) is -0.818. The molecule has 0 spiro atoms. The molecular formula is C17H16ClN3O3S. The van der Waals surface area contributed by atoms with Gasteiger partial charge in [0.1, 0.15) is 12.4 Å². The van der Waals surface area contributed by atoms with E-state index in [-0.39, 0.29) is 24.1 Å². The molecule has 0 aliphatic carbocycles. The zero-order chi connectivity index (χ0) is 18.0. The molecule has 6 nitrogen and oxygen atoms in total. The van der Waals surface area contributed by atoms with Crippen LogP contribution in [0.2, 0.25) is 5.02 Å². The number of aliphatic imine (C=N–C) groups is 1. The molecule has 1 amide bonds. The highest BCUT2D eigenvalue weighted by Crippen LogP contribution is 2.29. The lowest BCUT2D eigenvalue weighted by molar-refractivity contribution is -0.117. The van der Waals surface area contributed by atoms with Crippen LogP contribution in [-0.4, -0.2) is 43.2 Å². The Bertz CT molecular complexity index is 943. The number of benzene rings is 1. The molecule has 25 heavy (non-hydrogen) atoms. The van der Waals surface area contributed by atoms with Gasteiger partial charge in [0, 0.05) is 22.5 Å². The number of fused-ring (bicyclic) bond motifs is 1. The van der Waals surface area contributed by atoms with Crippen LogP contribution >= 0.6 is 11.6 Å². The van der Waals surface area contributed by atoms with Crippen LogP contribution in [0.5, 0.6) is 0 Å². The zero-order valence-corrected chi connectivity index (χ0v) is 15.1. The summed E-state index contributed by atoms with van der Waals surface area (Å²) in [7, 11) is -3.40. The molecule has 2 heterocycles. The van der Waals surface area contributed by atoms with Gasteiger partial charge < -0.3 is 0 Å². The van der Waals surface area contributed by atoms with E-state index in [1.165, 1.54) is 4.90 Å². The summed E-state index contributed by atoms with van der Waals surface area (Å²) in [4.78, 5) is 22.5. The van der Waals surface area contributed by atoms with Crippen molar-refractivity contribution in [3.05, 3.63) is 58.9 Å². The maximum atomic E-state index is 12.5. The van der Waals surface area contributed by atoms with E-state index in [4.69, 9.17) is 11.6 Å². The number of aromatic nitrogens is 1. The highest BCUT2D eigenvalue weighted by Gasteiger charge is 2.28. The third kappa shape index (κ3) is 3.72. The number of benzodiazepines with no additional fused rings is 1. The van der Waals surface area contributed by atoms with Crippen LogP contribution in [0.3, 0.4) is 0 Å². The maximum Gasteiger partial charge on any atom is 0.249 e. The largest absolute Gasteiger partial charge is 0.295 e. The standard InChI is InChI=1S/C17H16ClN3O3S/c1-2-25(23,24)11-21-15-7-6-12(18)9-13(15)17(20-10-16(21)22)14-5-3-4-8-19-14/h3-9H,2,10-11H2,1H3. The Morgan fingerprint density at radius 3 is 2.72 bits per heavy atom. The molecule has 0 N–H and O–H groups in total. The second kappa shape index (κ2) is 6.93. The van der Waals surface area contributed by atoms with Crippen molar-refractivity contribution in [2.45, 2.75) is 6.92 Å². The molecule has 2 aromatic rings. The first-order valence-electron chi connectivity index (χ1n) is 7.68. The predicted octanol–water partition coefficient (Wildman–Crippen LogP) is 2.31. The minimum absolute atomic E-state index is 0.0480. The number of amides is 1. The molecule has 1 aliphatic rings. The number of nitrogens with zero attached hydrogens (tertiary/aromatic N) is 3. The fraction of sp³-hybridized carbons (Fsp3) is 0.235. The monoisotopic (exact) mass is 377 g/mol. The van der Waals surface area contributed by atoms with Crippen LogP contribution in [0, 0.1) is 0 Å². The van der Waals surface area contributed by atoms with Crippen molar-refractivity contribution in [1.82, 2.24) is 4.98 Å². The molecule has 0 saturated carbocycles. The van der Waals surface area contributed by atoms with Crippen molar-refractivity contribution < 1.29 is 13.2 Å². The average Bonchev–Trinajstić information content (AvgIpc) is 2.73. The Hall–Kier alpha value is -2.25. The summed E-state index contributed by atoms with van der Waals surface area (Å²) in [5.41, 5.74) is 2.17. The number of carbonyl (C=O) groups excluding carboxylic acids is 1. The van der Waals surface area contributed by atoms with Gasteiger partial charge in [0.25, 0.3) is 0 Å². The van der Waals surface area contributed by atoms with Crippen molar-refractivity contribution in [3.63, 3.8) is 0 Å². The SMILES string of the molecule is CCS(=O)(=O)CN1C(=O)CN=C(c2ccccn2)c2cc(Cl)ccc21. The number of carbonyl (C=O) groups is 1. The van der Waals surface area contributed by atoms with Gasteiger partial charge in [-0.05, 0) is 30.3 Å². The van der Waals surface area contributed by atoms with Gasteiger partial charge in [0.2, 0.25) is 5.91 Å². The first kappa shape index (κ1) is 17.6. The first-order chi connectivity index (χ1) is 11.9. The quantitative estimate of drug-likeness (QED) is 0.818. The maximum absolute atomic E-state index is 12.5. The summed E-state index contributed by atoms with van der Waals surface area (Å²) in [5, 5.41) is 0.468. The minimum Gasteiger partial charge on any atom is -0.295 e. The third-order valence-corrected chi connectivity index (χ3v) is 5.62.